The molecule has 1 aromatic rings. The van der Waals surface area contributed by atoms with Gasteiger partial charge >= 0.3 is 0 Å². The minimum Gasteiger partial charge on any atom is -0.339 e. The van der Waals surface area contributed by atoms with Crippen molar-refractivity contribution >= 4 is 21.8 Å². The van der Waals surface area contributed by atoms with E-state index in [4.69, 9.17) is 5.14 Å². The van der Waals surface area contributed by atoms with Gasteiger partial charge in [0, 0.05) is 25.2 Å². The van der Waals surface area contributed by atoms with E-state index in [0.717, 1.165) is 0 Å². The van der Waals surface area contributed by atoms with Crippen molar-refractivity contribution in [2.24, 2.45) is 5.14 Å². The van der Waals surface area contributed by atoms with Crippen LogP contribution in [0.2, 0.25) is 0 Å². The summed E-state index contributed by atoms with van der Waals surface area (Å²) in [4.78, 5) is 28.2. The molecule has 0 radical (unpaired) electrons. The molecule has 1 saturated heterocycles. The average Bonchev–Trinajstić information content (AvgIpc) is 2.53. The molecule has 126 valence electrons. The fourth-order valence-electron chi connectivity index (χ4n) is 2.74. The van der Waals surface area contributed by atoms with Gasteiger partial charge in [0.1, 0.15) is 6.04 Å². The number of hydrogen-bond donors (Lipinski definition) is 1. The van der Waals surface area contributed by atoms with E-state index in [9.17, 15) is 18.0 Å². The summed E-state index contributed by atoms with van der Waals surface area (Å²) in [5.41, 5.74) is 0.341. The lowest BCUT2D eigenvalue weighted by Crippen LogP contribution is -2.58. The zero-order valence-corrected chi connectivity index (χ0v) is 14.0. The van der Waals surface area contributed by atoms with Gasteiger partial charge in [-0.1, -0.05) is 6.92 Å². The zero-order valence-electron chi connectivity index (χ0n) is 13.2. The van der Waals surface area contributed by atoms with Crippen molar-refractivity contribution in [3.05, 3.63) is 29.8 Å². The predicted molar refractivity (Wildman–Crippen MR) is 85.2 cm³/mol. The van der Waals surface area contributed by atoms with Crippen molar-refractivity contribution in [1.29, 1.82) is 0 Å². The topological polar surface area (TPSA) is 101 Å². The molecule has 1 aliphatic rings. The minimum atomic E-state index is -3.79. The SMILES string of the molecule is CCC1C(=O)N(CC)CCN1C(=O)c1ccc(S(N)(=O)=O)cc1. The van der Waals surface area contributed by atoms with Gasteiger partial charge in [-0.25, -0.2) is 13.6 Å². The molecule has 1 aliphatic heterocycles. The van der Waals surface area contributed by atoms with Gasteiger partial charge in [0.15, 0.2) is 0 Å². The third kappa shape index (κ3) is 3.53. The Labute approximate surface area is 136 Å². The summed E-state index contributed by atoms with van der Waals surface area (Å²) in [7, 11) is -3.79. The molecule has 0 saturated carbocycles. The molecule has 1 unspecified atom stereocenters. The summed E-state index contributed by atoms with van der Waals surface area (Å²) in [6.07, 6.45) is 0.538. The van der Waals surface area contributed by atoms with E-state index < -0.39 is 16.1 Å². The summed E-state index contributed by atoms with van der Waals surface area (Å²) < 4.78 is 22.5. The second-order valence-corrected chi connectivity index (χ2v) is 6.97. The zero-order chi connectivity index (χ0) is 17.2. The van der Waals surface area contributed by atoms with E-state index in [1.54, 1.807) is 9.80 Å². The van der Waals surface area contributed by atoms with E-state index in [-0.39, 0.29) is 16.7 Å². The van der Waals surface area contributed by atoms with Crippen molar-refractivity contribution in [2.45, 2.75) is 31.2 Å². The summed E-state index contributed by atoms with van der Waals surface area (Å²) in [6.45, 7) is 5.38. The third-order valence-electron chi connectivity index (χ3n) is 4.04. The standard InChI is InChI=1S/C15H21N3O4S/c1-3-13-15(20)17(4-2)9-10-18(13)14(19)11-5-7-12(8-6-11)23(16,21)22/h5-8,13H,3-4,9-10H2,1-2H3,(H2,16,21,22). The predicted octanol–water partition coefficient (Wildman–Crippen LogP) is 0.417. The number of rotatable bonds is 4. The molecule has 1 atom stereocenters. The summed E-state index contributed by atoms with van der Waals surface area (Å²) >= 11 is 0. The Hall–Kier alpha value is -1.93. The van der Waals surface area contributed by atoms with Crippen molar-refractivity contribution < 1.29 is 18.0 Å². The lowest BCUT2D eigenvalue weighted by molar-refractivity contribution is -0.140. The number of primary sulfonamides is 1. The fourth-order valence-corrected chi connectivity index (χ4v) is 3.26. The molecule has 0 spiro atoms. The Morgan fingerprint density at radius 2 is 1.83 bits per heavy atom. The van der Waals surface area contributed by atoms with E-state index in [1.165, 1.54) is 24.3 Å². The van der Waals surface area contributed by atoms with Crippen LogP contribution in [0.4, 0.5) is 0 Å². The maximum absolute atomic E-state index is 12.6. The summed E-state index contributed by atoms with van der Waals surface area (Å²) in [5.74, 6) is -0.322. The molecule has 2 rings (SSSR count). The van der Waals surface area contributed by atoms with Crippen LogP contribution < -0.4 is 5.14 Å². The van der Waals surface area contributed by atoms with E-state index >= 15 is 0 Å². The Kier molecular flexibility index (Phi) is 5.06. The molecule has 0 bridgehead atoms. The summed E-state index contributed by atoms with van der Waals surface area (Å²) in [6, 6.07) is 4.96. The number of piperazine rings is 1. The van der Waals surface area contributed by atoms with Gasteiger partial charge in [-0.3, -0.25) is 9.59 Å². The molecule has 2 amide bonds. The maximum Gasteiger partial charge on any atom is 0.254 e. The average molecular weight is 339 g/mol. The Morgan fingerprint density at radius 1 is 1.22 bits per heavy atom. The molecule has 7 nitrogen and oxygen atoms in total. The molecule has 0 aliphatic carbocycles. The van der Waals surface area contributed by atoms with Crippen molar-refractivity contribution in [2.75, 3.05) is 19.6 Å². The molecule has 1 fully saturated rings. The van der Waals surface area contributed by atoms with Gasteiger partial charge in [0.25, 0.3) is 5.91 Å². The van der Waals surface area contributed by atoms with Crippen LogP contribution in [0, 0.1) is 0 Å². The van der Waals surface area contributed by atoms with Crippen LogP contribution in [0.25, 0.3) is 0 Å². The number of carbonyl (C=O) groups excluding carboxylic acids is 2. The second kappa shape index (κ2) is 6.67. The molecule has 1 heterocycles. The van der Waals surface area contributed by atoms with Crippen LogP contribution in [-0.2, 0) is 14.8 Å². The monoisotopic (exact) mass is 339 g/mol. The van der Waals surface area contributed by atoms with Crippen molar-refractivity contribution in [1.82, 2.24) is 9.80 Å². The van der Waals surface area contributed by atoms with E-state index in [0.29, 0.717) is 31.6 Å². The third-order valence-corrected chi connectivity index (χ3v) is 4.97. The van der Waals surface area contributed by atoms with Crippen LogP contribution >= 0.6 is 0 Å². The van der Waals surface area contributed by atoms with Crippen LogP contribution in [-0.4, -0.2) is 55.7 Å². The highest BCUT2D eigenvalue weighted by atomic mass is 32.2. The molecule has 0 aromatic heterocycles. The van der Waals surface area contributed by atoms with Crippen LogP contribution in [0.5, 0.6) is 0 Å². The first-order valence-electron chi connectivity index (χ1n) is 7.52. The Morgan fingerprint density at radius 3 is 2.30 bits per heavy atom. The number of benzene rings is 1. The number of nitrogens with two attached hydrogens (primary N) is 1. The second-order valence-electron chi connectivity index (χ2n) is 5.41. The van der Waals surface area contributed by atoms with Gasteiger partial charge in [-0.2, -0.15) is 0 Å². The number of carbonyl (C=O) groups is 2. The van der Waals surface area contributed by atoms with Crippen molar-refractivity contribution in [3.63, 3.8) is 0 Å². The highest BCUT2D eigenvalue weighted by Crippen LogP contribution is 2.18. The molecular weight excluding hydrogens is 318 g/mol. The maximum atomic E-state index is 12.6. The number of nitrogens with zero attached hydrogens (tertiary/aromatic N) is 2. The van der Waals surface area contributed by atoms with E-state index in [2.05, 4.69) is 0 Å². The van der Waals surface area contributed by atoms with Gasteiger partial charge in [-0.15, -0.1) is 0 Å². The smallest absolute Gasteiger partial charge is 0.254 e. The summed E-state index contributed by atoms with van der Waals surface area (Å²) in [5, 5.41) is 5.04. The lowest BCUT2D eigenvalue weighted by atomic mass is 10.1. The van der Waals surface area contributed by atoms with Crippen LogP contribution in [0.15, 0.2) is 29.2 Å². The molecular formula is C15H21N3O4S. The Balaban J connectivity index is 2.24. The lowest BCUT2D eigenvalue weighted by Gasteiger charge is -2.40. The molecule has 8 heteroatoms. The molecule has 23 heavy (non-hydrogen) atoms. The van der Waals surface area contributed by atoms with Crippen molar-refractivity contribution in [3.8, 4) is 0 Å². The first-order valence-corrected chi connectivity index (χ1v) is 9.06. The number of sulfonamides is 1. The van der Waals surface area contributed by atoms with Gasteiger partial charge in [0.2, 0.25) is 15.9 Å². The van der Waals surface area contributed by atoms with E-state index in [1.807, 2.05) is 13.8 Å². The van der Waals surface area contributed by atoms with Gasteiger partial charge in [0.05, 0.1) is 4.90 Å². The minimum absolute atomic E-state index is 0.0456. The largest absolute Gasteiger partial charge is 0.339 e. The fraction of sp³-hybridized carbons (Fsp3) is 0.467. The highest BCUT2D eigenvalue weighted by molar-refractivity contribution is 7.89. The highest BCUT2D eigenvalue weighted by Gasteiger charge is 2.35. The van der Waals surface area contributed by atoms with Crippen LogP contribution in [0.1, 0.15) is 30.6 Å². The first-order chi connectivity index (χ1) is 10.8. The Bertz CT molecular complexity index is 700. The molecule has 1 aromatic carbocycles. The number of likely N-dealkylation sites (N-methyl/N-ethyl adjacent to an activating group) is 1. The molecule has 2 N–H and O–H groups in total. The normalized spacial score (nSPS) is 19.1. The quantitative estimate of drug-likeness (QED) is 0.859. The number of amides is 2. The number of hydrogen-bond acceptors (Lipinski definition) is 4. The van der Waals surface area contributed by atoms with Gasteiger partial charge in [-0.05, 0) is 37.6 Å². The van der Waals surface area contributed by atoms with Gasteiger partial charge < -0.3 is 9.80 Å². The first kappa shape index (κ1) is 17.4. The van der Waals surface area contributed by atoms with Crippen LogP contribution in [0.3, 0.4) is 0 Å².